The highest BCUT2D eigenvalue weighted by molar-refractivity contribution is 5.70. The lowest BCUT2D eigenvalue weighted by atomic mass is 9.58. The predicted molar refractivity (Wildman–Crippen MR) is 128 cm³/mol. The first-order chi connectivity index (χ1) is 13.9. The van der Waals surface area contributed by atoms with E-state index in [9.17, 15) is 0 Å². The van der Waals surface area contributed by atoms with E-state index >= 15 is 0 Å². The number of fused-ring (bicyclic) bond motifs is 4. The standard InChI is InChI=1S/C29H42N/c1-11-28(10)21-19-23-22(25(4,5)27(8,9)26(23,6)7)18-20(21)24-16-14-15-17-30(24)29(28,12-2)13-3/h14-19H,11-13H2,1-10H3/q+1. The zero-order valence-electron chi connectivity index (χ0n) is 21.0. The summed E-state index contributed by atoms with van der Waals surface area (Å²) in [4.78, 5) is 0. The van der Waals surface area contributed by atoms with E-state index in [2.05, 4.69) is 110 Å². The fourth-order valence-electron chi connectivity index (χ4n) is 7.20. The van der Waals surface area contributed by atoms with Crippen molar-refractivity contribution in [2.24, 2.45) is 5.41 Å². The molecule has 2 aliphatic rings. The number of aromatic nitrogens is 1. The molecular weight excluding hydrogens is 362 g/mol. The van der Waals surface area contributed by atoms with Crippen molar-refractivity contribution < 1.29 is 4.57 Å². The van der Waals surface area contributed by atoms with E-state index in [0.29, 0.717) is 0 Å². The molecule has 0 amide bonds. The maximum atomic E-state index is 2.64. The highest BCUT2D eigenvalue weighted by Crippen LogP contribution is 2.63. The average Bonchev–Trinajstić information content (AvgIpc) is 2.82. The summed E-state index contributed by atoms with van der Waals surface area (Å²) < 4.78 is 2.63. The van der Waals surface area contributed by atoms with Gasteiger partial charge < -0.3 is 0 Å². The SMILES string of the molecule is CCC1(C)c2cc3c(cc2-c2cccc[n+]2C1(CC)CC)C(C)(C)C(C)(C)C3(C)C. The summed E-state index contributed by atoms with van der Waals surface area (Å²) in [6.07, 6.45) is 5.78. The molecule has 1 aliphatic carbocycles. The maximum absolute atomic E-state index is 2.64. The number of pyridine rings is 1. The van der Waals surface area contributed by atoms with Gasteiger partial charge in [-0.2, -0.15) is 4.57 Å². The number of hydrogen-bond acceptors (Lipinski definition) is 0. The van der Waals surface area contributed by atoms with E-state index in [-0.39, 0.29) is 27.2 Å². The first-order valence-corrected chi connectivity index (χ1v) is 12.1. The summed E-state index contributed by atoms with van der Waals surface area (Å²) in [5.74, 6) is 0. The molecule has 0 N–H and O–H groups in total. The smallest absolute Gasteiger partial charge is 0.192 e. The second-order valence-electron chi connectivity index (χ2n) is 11.7. The molecule has 2 heterocycles. The normalized spacial score (nSPS) is 26.6. The molecule has 0 radical (unpaired) electrons. The van der Waals surface area contributed by atoms with Crippen LogP contribution in [0.3, 0.4) is 0 Å². The Kier molecular flexibility index (Phi) is 4.47. The summed E-state index contributed by atoms with van der Waals surface area (Å²) in [5.41, 5.74) is 8.20. The topological polar surface area (TPSA) is 3.88 Å². The Hall–Kier alpha value is -1.63. The van der Waals surface area contributed by atoms with E-state index < -0.39 is 0 Å². The quantitative estimate of drug-likeness (QED) is 0.468. The van der Waals surface area contributed by atoms with Gasteiger partial charge in [0.1, 0.15) is 0 Å². The monoisotopic (exact) mass is 404 g/mol. The molecule has 0 saturated carbocycles. The van der Waals surface area contributed by atoms with Gasteiger partial charge in [-0.1, -0.05) is 68.4 Å². The van der Waals surface area contributed by atoms with Crippen LogP contribution in [0.15, 0.2) is 36.5 Å². The van der Waals surface area contributed by atoms with Crippen LogP contribution in [-0.4, -0.2) is 0 Å². The van der Waals surface area contributed by atoms with Gasteiger partial charge in [0.2, 0.25) is 5.69 Å². The molecule has 0 bridgehead atoms. The molecule has 0 fully saturated rings. The summed E-state index contributed by atoms with van der Waals surface area (Å²) in [6, 6.07) is 12.0. The molecule has 0 saturated heterocycles. The number of rotatable bonds is 3. The zero-order chi connectivity index (χ0) is 22.3. The number of benzene rings is 1. The number of hydrogen-bond donors (Lipinski definition) is 0. The van der Waals surface area contributed by atoms with Gasteiger partial charge in [-0.15, -0.1) is 0 Å². The van der Waals surface area contributed by atoms with Crippen LogP contribution < -0.4 is 4.57 Å². The van der Waals surface area contributed by atoms with Gasteiger partial charge in [-0.05, 0) is 58.4 Å². The first-order valence-electron chi connectivity index (χ1n) is 12.1. The molecule has 1 aromatic carbocycles. The van der Waals surface area contributed by atoms with Gasteiger partial charge in [-0.25, -0.2) is 0 Å². The van der Waals surface area contributed by atoms with Gasteiger partial charge in [-0.3, -0.25) is 0 Å². The summed E-state index contributed by atoms with van der Waals surface area (Å²) in [6.45, 7) is 24.5. The maximum Gasteiger partial charge on any atom is 0.213 e. The van der Waals surface area contributed by atoms with Crippen LogP contribution in [0.5, 0.6) is 0 Å². The van der Waals surface area contributed by atoms with Crippen LogP contribution in [0.2, 0.25) is 0 Å². The van der Waals surface area contributed by atoms with E-state index in [1.807, 2.05) is 0 Å². The molecule has 30 heavy (non-hydrogen) atoms. The van der Waals surface area contributed by atoms with Crippen LogP contribution >= 0.6 is 0 Å². The summed E-state index contributed by atoms with van der Waals surface area (Å²) in [7, 11) is 0. The fraction of sp³-hybridized carbons (Fsp3) is 0.621. The molecule has 1 unspecified atom stereocenters. The van der Waals surface area contributed by atoms with Crippen molar-refractivity contribution in [3.05, 3.63) is 53.2 Å². The van der Waals surface area contributed by atoms with Crippen LogP contribution in [0.4, 0.5) is 0 Å². The van der Waals surface area contributed by atoms with Crippen LogP contribution in [-0.2, 0) is 21.8 Å². The van der Waals surface area contributed by atoms with E-state index in [4.69, 9.17) is 0 Å². The lowest BCUT2D eigenvalue weighted by Crippen LogP contribution is -2.68. The molecule has 0 spiro atoms. The molecule has 4 rings (SSSR count). The van der Waals surface area contributed by atoms with E-state index in [1.165, 1.54) is 11.3 Å². The third-order valence-corrected chi connectivity index (χ3v) is 10.7. The van der Waals surface area contributed by atoms with Crippen molar-refractivity contribution in [2.75, 3.05) is 0 Å². The largest absolute Gasteiger partial charge is 0.213 e. The van der Waals surface area contributed by atoms with Gasteiger partial charge >= 0.3 is 0 Å². The highest BCUT2D eigenvalue weighted by atomic mass is 15.1. The van der Waals surface area contributed by atoms with Crippen molar-refractivity contribution in [1.29, 1.82) is 0 Å². The second-order valence-corrected chi connectivity index (χ2v) is 11.7. The Balaban J connectivity index is 2.16. The third-order valence-electron chi connectivity index (χ3n) is 10.7. The molecule has 1 aliphatic heterocycles. The molecule has 1 nitrogen and oxygen atoms in total. The van der Waals surface area contributed by atoms with Crippen molar-refractivity contribution in [1.82, 2.24) is 0 Å². The van der Waals surface area contributed by atoms with Crippen molar-refractivity contribution >= 4 is 0 Å². The minimum Gasteiger partial charge on any atom is -0.192 e. The molecular formula is C29H42N+. The lowest BCUT2D eigenvalue weighted by Gasteiger charge is -2.48. The summed E-state index contributed by atoms with van der Waals surface area (Å²) >= 11 is 0. The van der Waals surface area contributed by atoms with Gasteiger partial charge in [0.25, 0.3) is 0 Å². The van der Waals surface area contributed by atoms with Crippen LogP contribution in [0, 0.1) is 5.41 Å². The van der Waals surface area contributed by atoms with Crippen molar-refractivity contribution in [2.45, 2.75) is 110 Å². The Labute approximate surface area is 184 Å². The minimum absolute atomic E-state index is 0.104. The first kappa shape index (κ1) is 21.6. The second kappa shape index (κ2) is 6.21. The minimum atomic E-state index is 0.104. The molecule has 1 aromatic heterocycles. The highest BCUT2D eigenvalue weighted by Gasteiger charge is 2.61. The fourth-order valence-corrected chi connectivity index (χ4v) is 7.20. The Morgan fingerprint density at radius 2 is 1.27 bits per heavy atom. The zero-order valence-corrected chi connectivity index (χ0v) is 21.0. The Bertz CT molecular complexity index is 1000. The Morgan fingerprint density at radius 3 is 1.80 bits per heavy atom. The Morgan fingerprint density at radius 1 is 0.700 bits per heavy atom. The average molecular weight is 405 g/mol. The summed E-state index contributed by atoms with van der Waals surface area (Å²) in [5, 5.41) is 0. The molecule has 1 heteroatoms. The van der Waals surface area contributed by atoms with Gasteiger partial charge in [0.15, 0.2) is 11.7 Å². The number of nitrogens with zero attached hydrogens (tertiary/aromatic N) is 1. The van der Waals surface area contributed by atoms with Gasteiger partial charge in [0, 0.05) is 25.0 Å². The van der Waals surface area contributed by atoms with Crippen LogP contribution in [0.1, 0.15) is 105 Å². The van der Waals surface area contributed by atoms with Crippen molar-refractivity contribution in [3.63, 3.8) is 0 Å². The third kappa shape index (κ3) is 2.13. The van der Waals surface area contributed by atoms with Crippen LogP contribution in [0.25, 0.3) is 11.3 Å². The molecule has 162 valence electrons. The van der Waals surface area contributed by atoms with Gasteiger partial charge in [0.05, 0.1) is 11.0 Å². The lowest BCUT2D eigenvalue weighted by molar-refractivity contribution is -0.769. The van der Waals surface area contributed by atoms with E-state index in [1.54, 1.807) is 16.7 Å². The van der Waals surface area contributed by atoms with Crippen molar-refractivity contribution in [3.8, 4) is 11.3 Å². The van der Waals surface area contributed by atoms with E-state index in [0.717, 1.165) is 19.3 Å². The predicted octanol–water partition coefficient (Wildman–Crippen LogP) is 7.43. The molecule has 2 aromatic rings. The molecule has 1 atom stereocenters.